The topological polar surface area (TPSA) is 31.4 Å². The van der Waals surface area contributed by atoms with Crippen molar-refractivity contribution in [3.05, 3.63) is 15.6 Å². The average Bonchev–Trinajstić information content (AvgIpc) is 2.69. The third kappa shape index (κ3) is 3.54. The first-order valence-corrected chi connectivity index (χ1v) is 7.82. The van der Waals surface area contributed by atoms with Gasteiger partial charge in [-0.1, -0.05) is 0 Å². The Hall–Kier alpha value is -0.490. The second-order valence-electron chi connectivity index (χ2n) is 5.66. The van der Waals surface area contributed by atoms with Crippen molar-refractivity contribution in [1.29, 1.82) is 0 Å². The molecule has 1 aromatic heterocycles. The molecule has 2 atom stereocenters. The summed E-state index contributed by atoms with van der Waals surface area (Å²) in [6, 6.07) is 1.03. The maximum absolute atomic E-state index is 4.68. The number of hydrogen-bond acceptors (Lipinski definition) is 5. The summed E-state index contributed by atoms with van der Waals surface area (Å²) >= 11 is 1.84. The highest BCUT2D eigenvalue weighted by Crippen LogP contribution is 2.20. The number of hydrogen-bond donors (Lipinski definition) is 1. The molecule has 4 nitrogen and oxygen atoms in total. The first kappa shape index (κ1) is 14.9. The van der Waals surface area contributed by atoms with Crippen LogP contribution in [-0.4, -0.2) is 67.6 Å². The van der Waals surface area contributed by atoms with E-state index in [1.54, 1.807) is 0 Å². The normalized spacial score (nSPS) is 23.7. The van der Waals surface area contributed by atoms with Gasteiger partial charge in [-0.2, -0.15) is 0 Å². The first-order valence-electron chi connectivity index (χ1n) is 7.00. The van der Waals surface area contributed by atoms with E-state index in [4.69, 9.17) is 0 Å². The van der Waals surface area contributed by atoms with Gasteiger partial charge >= 0.3 is 0 Å². The fourth-order valence-corrected chi connectivity index (χ4v) is 3.72. The Kier molecular flexibility index (Phi) is 4.95. The maximum Gasteiger partial charge on any atom is 0.0947 e. The quantitative estimate of drug-likeness (QED) is 0.897. The standard InChI is InChI=1S/C14H26N4S/c1-10-11(2)19-14(16-10)8-12(15-3)13-9-17(4)6-7-18(13)5/h12-13,15H,6-9H2,1-5H3. The smallest absolute Gasteiger partial charge is 0.0947 e. The van der Waals surface area contributed by atoms with Crippen molar-refractivity contribution in [1.82, 2.24) is 20.1 Å². The molecule has 108 valence electrons. The Balaban J connectivity index is 2.06. The van der Waals surface area contributed by atoms with Crippen LogP contribution >= 0.6 is 11.3 Å². The molecule has 19 heavy (non-hydrogen) atoms. The molecule has 0 aliphatic carbocycles. The highest BCUT2D eigenvalue weighted by Gasteiger charge is 2.29. The number of piperazine rings is 1. The summed E-state index contributed by atoms with van der Waals surface area (Å²) in [6.07, 6.45) is 1.03. The van der Waals surface area contributed by atoms with Crippen molar-refractivity contribution in [3.8, 4) is 0 Å². The summed E-state index contributed by atoms with van der Waals surface area (Å²) in [5.41, 5.74) is 1.18. The average molecular weight is 282 g/mol. The molecule has 0 radical (unpaired) electrons. The lowest BCUT2D eigenvalue weighted by molar-refractivity contribution is 0.0897. The molecule has 2 rings (SSSR count). The first-order chi connectivity index (χ1) is 9.01. The third-order valence-corrected chi connectivity index (χ3v) is 5.30. The van der Waals surface area contributed by atoms with Crippen molar-refractivity contribution < 1.29 is 0 Å². The summed E-state index contributed by atoms with van der Waals surface area (Å²) < 4.78 is 0. The Bertz CT molecular complexity index is 398. The van der Waals surface area contributed by atoms with Gasteiger partial charge in [0.15, 0.2) is 0 Å². The van der Waals surface area contributed by atoms with Gasteiger partial charge in [0.2, 0.25) is 0 Å². The number of nitrogens with one attached hydrogen (secondary N) is 1. The minimum atomic E-state index is 0.470. The van der Waals surface area contributed by atoms with Gasteiger partial charge in [0.25, 0.3) is 0 Å². The van der Waals surface area contributed by atoms with Gasteiger partial charge in [0.05, 0.1) is 10.7 Å². The summed E-state index contributed by atoms with van der Waals surface area (Å²) in [4.78, 5) is 10.9. The van der Waals surface area contributed by atoms with Crippen LogP contribution < -0.4 is 5.32 Å². The third-order valence-electron chi connectivity index (χ3n) is 4.20. The zero-order valence-corrected chi connectivity index (χ0v) is 13.5. The fraction of sp³-hybridized carbons (Fsp3) is 0.786. The number of aromatic nitrogens is 1. The second kappa shape index (κ2) is 6.31. The van der Waals surface area contributed by atoms with Crippen LogP contribution in [0.25, 0.3) is 0 Å². The van der Waals surface area contributed by atoms with Crippen molar-refractivity contribution in [2.24, 2.45) is 0 Å². The molecule has 2 heterocycles. The van der Waals surface area contributed by atoms with E-state index in [9.17, 15) is 0 Å². The maximum atomic E-state index is 4.68. The molecule has 1 aliphatic heterocycles. The molecule has 1 aromatic rings. The largest absolute Gasteiger partial charge is 0.315 e. The van der Waals surface area contributed by atoms with E-state index >= 15 is 0 Å². The van der Waals surface area contributed by atoms with Gasteiger partial charge in [-0.3, -0.25) is 4.90 Å². The summed E-state index contributed by atoms with van der Waals surface area (Å²) in [6.45, 7) is 7.70. The van der Waals surface area contributed by atoms with Crippen LogP contribution in [0.1, 0.15) is 15.6 Å². The van der Waals surface area contributed by atoms with Crippen LogP contribution in [0.3, 0.4) is 0 Å². The summed E-state index contributed by atoms with van der Waals surface area (Å²) in [7, 11) is 6.52. The summed E-state index contributed by atoms with van der Waals surface area (Å²) in [5.74, 6) is 0. The Morgan fingerprint density at radius 1 is 1.37 bits per heavy atom. The Morgan fingerprint density at radius 3 is 2.68 bits per heavy atom. The molecule has 2 unspecified atom stereocenters. The molecule has 5 heteroatoms. The predicted molar refractivity (Wildman–Crippen MR) is 82.1 cm³/mol. The van der Waals surface area contributed by atoms with Gasteiger partial charge < -0.3 is 10.2 Å². The van der Waals surface area contributed by atoms with Crippen LogP contribution in [0.5, 0.6) is 0 Å². The van der Waals surface area contributed by atoms with E-state index in [-0.39, 0.29) is 0 Å². The van der Waals surface area contributed by atoms with Crippen LogP contribution in [0.4, 0.5) is 0 Å². The number of thiazole rings is 1. The van der Waals surface area contributed by atoms with Gasteiger partial charge in [-0.05, 0) is 35.0 Å². The zero-order valence-electron chi connectivity index (χ0n) is 12.7. The SMILES string of the molecule is CNC(Cc1nc(C)c(C)s1)C1CN(C)CCN1C. The molecule has 1 fully saturated rings. The Morgan fingerprint density at radius 2 is 2.11 bits per heavy atom. The van der Waals surface area contributed by atoms with Crippen LogP contribution in [0.15, 0.2) is 0 Å². The second-order valence-corrected chi connectivity index (χ2v) is 6.95. The van der Waals surface area contributed by atoms with Crippen molar-refractivity contribution in [3.63, 3.8) is 0 Å². The number of likely N-dealkylation sites (N-methyl/N-ethyl adjacent to an activating group) is 3. The van der Waals surface area contributed by atoms with Gasteiger partial charge in [-0.25, -0.2) is 4.98 Å². The van der Waals surface area contributed by atoms with E-state index in [1.165, 1.54) is 22.1 Å². The molecule has 1 aliphatic rings. The minimum absolute atomic E-state index is 0.470. The van der Waals surface area contributed by atoms with Crippen LogP contribution in [-0.2, 0) is 6.42 Å². The highest BCUT2D eigenvalue weighted by atomic mass is 32.1. The van der Waals surface area contributed by atoms with Gasteiger partial charge in [0, 0.05) is 43.0 Å². The van der Waals surface area contributed by atoms with Crippen molar-refractivity contribution in [2.75, 3.05) is 40.8 Å². The van der Waals surface area contributed by atoms with Crippen molar-refractivity contribution in [2.45, 2.75) is 32.4 Å². The molecule has 0 amide bonds. The highest BCUT2D eigenvalue weighted by molar-refractivity contribution is 7.11. The van der Waals surface area contributed by atoms with Gasteiger partial charge in [-0.15, -0.1) is 11.3 Å². The van der Waals surface area contributed by atoms with Crippen LogP contribution in [0, 0.1) is 13.8 Å². The molecular weight excluding hydrogens is 256 g/mol. The number of aryl methyl sites for hydroxylation is 2. The number of rotatable bonds is 4. The molecule has 0 saturated carbocycles. The monoisotopic (exact) mass is 282 g/mol. The van der Waals surface area contributed by atoms with E-state index in [0.29, 0.717) is 12.1 Å². The molecule has 1 saturated heterocycles. The van der Waals surface area contributed by atoms with E-state index in [0.717, 1.165) is 19.5 Å². The van der Waals surface area contributed by atoms with Gasteiger partial charge in [0.1, 0.15) is 0 Å². The molecule has 0 aromatic carbocycles. The lowest BCUT2D eigenvalue weighted by atomic mass is 10.0. The minimum Gasteiger partial charge on any atom is -0.315 e. The zero-order chi connectivity index (χ0) is 14.0. The lowest BCUT2D eigenvalue weighted by Gasteiger charge is -2.41. The molecule has 0 bridgehead atoms. The molecule has 0 spiro atoms. The molecular formula is C14H26N4S. The predicted octanol–water partition coefficient (Wildman–Crippen LogP) is 1.14. The number of nitrogens with zero attached hydrogens (tertiary/aromatic N) is 3. The summed E-state index contributed by atoms with van der Waals surface area (Å²) in [5, 5.41) is 4.76. The Labute approximate surface area is 120 Å². The van der Waals surface area contributed by atoms with E-state index < -0.39 is 0 Å². The van der Waals surface area contributed by atoms with E-state index in [1.807, 2.05) is 11.3 Å². The van der Waals surface area contributed by atoms with E-state index in [2.05, 4.69) is 55.1 Å². The molecule has 1 N–H and O–H groups in total. The fourth-order valence-electron chi connectivity index (χ4n) is 2.72. The van der Waals surface area contributed by atoms with Crippen molar-refractivity contribution >= 4 is 11.3 Å². The lowest BCUT2D eigenvalue weighted by Crippen LogP contribution is -2.58. The van der Waals surface area contributed by atoms with Crippen LogP contribution in [0.2, 0.25) is 0 Å².